The van der Waals surface area contributed by atoms with E-state index in [1.165, 1.54) is 0 Å². The summed E-state index contributed by atoms with van der Waals surface area (Å²) in [6.07, 6.45) is 3.24. The first-order valence-corrected chi connectivity index (χ1v) is 9.79. The number of nitrogens with one attached hydrogen (secondary N) is 1. The number of carbonyl (C=O) groups excluding carboxylic acids is 2. The lowest BCUT2D eigenvalue weighted by Gasteiger charge is -2.47. The summed E-state index contributed by atoms with van der Waals surface area (Å²) in [4.78, 5) is 30.0. The molecule has 2 heterocycles. The molecular weight excluding hydrogens is 354 g/mol. The van der Waals surface area contributed by atoms with Gasteiger partial charge in [0.15, 0.2) is 0 Å². The molecule has 1 saturated heterocycles. The van der Waals surface area contributed by atoms with E-state index in [0.29, 0.717) is 22.6 Å². The van der Waals surface area contributed by atoms with E-state index in [2.05, 4.69) is 17.1 Å². The molecule has 0 bridgehead atoms. The van der Waals surface area contributed by atoms with Crippen LogP contribution in [0, 0.1) is 0 Å². The lowest BCUT2D eigenvalue weighted by molar-refractivity contribution is 0.0582. The highest BCUT2D eigenvalue weighted by molar-refractivity contribution is 6.08. The molecule has 0 unspecified atom stereocenters. The molecule has 2 aliphatic rings. The summed E-state index contributed by atoms with van der Waals surface area (Å²) in [7, 11) is 1.59. The predicted octanol–water partition coefficient (Wildman–Crippen LogP) is 3.74. The van der Waals surface area contributed by atoms with Gasteiger partial charge >= 0.3 is 0 Å². The number of hydrogen-bond donors (Lipinski definition) is 1. The Morgan fingerprint density at radius 3 is 2.86 bits per heavy atom. The van der Waals surface area contributed by atoms with E-state index < -0.39 is 0 Å². The number of anilines is 2. The highest BCUT2D eigenvalue weighted by Crippen LogP contribution is 2.35. The standard InChI is InChI=1S/C22H25N3O3/c1-3-24-19-13-15(21(26)23-16-7-6-8-17(14-16)28-2)10-11-18(19)22(27)25-12-5-4-9-20(24)25/h6-8,10-11,13-14,20H,3-5,9,12H2,1-2H3,(H,23,26)/t20-/m1/s1. The lowest BCUT2D eigenvalue weighted by atomic mass is 9.97. The summed E-state index contributed by atoms with van der Waals surface area (Å²) >= 11 is 0. The first-order valence-electron chi connectivity index (χ1n) is 9.79. The summed E-state index contributed by atoms with van der Waals surface area (Å²) in [6.45, 7) is 3.69. The third-order valence-corrected chi connectivity index (χ3v) is 5.56. The van der Waals surface area contributed by atoms with Crippen LogP contribution in [0.3, 0.4) is 0 Å². The molecule has 2 aromatic rings. The van der Waals surface area contributed by atoms with Crippen LogP contribution in [-0.4, -0.2) is 43.1 Å². The van der Waals surface area contributed by atoms with Gasteiger partial charge in [0, 0.05) is 30.4 Å². The Balaban J connectivity index is 1.64. The largest absolute Gasteiger partial charge is 0.497 e. The quantitative estimate of drug-likeness (QED) is 0.879. The zero-order chi connectivity index (χ0) is 19.7. The van der Waals surface area contributed by atoms with Gasteiger partial charge in [0.25, 0.3) is 11.8 Å². The van der Waals surface area contributed by atoms with E-state index >= 15 is 0 Å². The minimum absolute atomic E-state index is 0.0733. The van der Waals surface area contributed by atoms with Crippen LogP contribution < -0.4 is 15.0 Å². The summed E-state index contributed by atoms with van der Waals surface area (Å²) < 4.78 is 5.21. The van der Waals surface area contributed by atoms with Crippen molar-refractivity contribution in [2.45, 2.75) is 32.4 Å². The number of ether oxygens (including phenoxy) is 1. The molecule has 0 aromatic heterocycles. The summed E-state index contributed by atoms with van der Waals surface area (Å²) in [5.41, 5.74) is 2.74. The molecule has 0 spiro atoms. The second-order valence-corrected chi connectivity index (χ2v) is 7.18. The van der Waals surface area contributed by atoms with Crippen molar-refractivity contribution in [3.63, 3.8) is 0 Å². The molecule has 146 valence electrons. The van der Waals surface area contributed by atoms with E-state index in [-0.39, 0.29) is 18.0 Å². The molecule has 6 heteroatoms. The van der Waals surface area contributed by atoms with E-state index in [1.807, 2.05) is 29.2 Å². The van der Waals surface area contributed by atoms with Gasteiger partial charge in [-0.05, 0) is 56.5 Å². The molecule has 1 fully saturated rings. The topological polar surface area (TPSA) is 61.9 Å². The van der Waals surface area contributed by atoms with Gasteiger partial charge in [0.05, 0.1) is 18.4 Å². The fourth-order valence-corrected chi connectivity index (χ4v) is 4.17. The molecule has 0 radical (unpaired) electrons. The van der Waals surface area contributed by atoms with Crippen molar-refractivity contribution in [3.8, 4) is 5.75 Å². The molecule has 4 rings (SSSR count). The van der Waals surface area contributed by atoms with Gasteiger partial charge in [-0.2, -0.15) is 0 Å². The van der Waals surface area contributed by atoms with Gasteiger partial charge in [-0.1, -0.05) is 6.07 Å². The van der Waals surface area contributed by atoms with Crippen LogP contribution in [0.2, 0.25) is 0 Å². The first kappa shape index (κ1) is 18.3. The zero-order valence-electron chi connectivity index (χ0n) is 16.3. The van der Waals surface area contributed by atoms with Gasteiger partial charge in [-0.3, -0.25) is 9.59 Å². The van der Waals surface area contributed by atoms with Gasteiger partial charge in [0.2, 0.25) is 0 Å². The van der Waals surface area contributed by atoms with Gasteiger partial charge in [-0.15, -0.1) is 0 Å². The van der Waals surface area contributed by atoms with Crippen molar-refractivity contribution in [2.75, 3.05) is 30.4 Å². The molecule has 28 heavy (non-hydrogen) atoms. The molecular formula is C22H25N3O3. The molecule has 6 nitrogen and oxygen atoms in total. The number of fused-ring (bicyclic) bond motifs is 2. The molecule has 1 atom stereocenters. The minimum atomic E-state index is -0.203. The lowest BCUT2D eigenvalue weighted by Crippen LogP contribution is -2.57. The average molecular weight is 379 g/mol. The molecule has 2 aliphatic heterocycles. The number of carbonyl (C=O) groups is 2. The SMILES string of the molecule is CCN1c2cc(C(=O)Nc3cccc(OC)c3)ccc2C(=O)N2CCCC[C@@H]21. The van der Waals surface area contributed by atoms with Crippen LogP contribution in [-0.2, 0) is 0 Å². The van der Waals surface area contributed by atoms with Crippen LogP contribution in [0.25, 0.3) is 0 Å². The molecule has 0 saturated carbocycles. The number of rotatable bonds is 4. The third-order valence-electron chi connectivity index (χ3n) is 5.56. The zero-order valence-corrected chi connectivity index (χ0v) is 16.3. The van der Waals surface area contributed by atoms with Crippen LogP contribution in [0.15, 0.2) is 42.5 Å². The fourth-order valence-electron chi connectivity index (χ4n) is 4.17. The Morgan fingerprint density at radius 2 is 2.07 bits per heavy atom. The second-order valence-electron chi connectivity index (χ2n) is 7.18. The smallest absolute Gasteiger partial charge is 0.257 e. The Kier molecular flexibility index (Phi) is 4.94. The molecule has 0 aliphatic carbocycles. The van der Waals surface area contributed by atoms with Gasteiger partial charge in [-0.25, -0.2) is 0 Å². The van der Waals surface area contributed by atoms with E-state index in [1.54, 1.807) is 25.3 Å². The van der Waals surface area contributed by atoms with Crippen LogP contribution in [0.4, 0.5) is 11.4 Å². The molecule has 2 amide bonds. The first-order chi connectivity index (χ1) is 13.6. The number of benzene rings is 2. The highest BCUT2D eigenvalue weighted by atomic mass is 16.5. The predicted molar refractivity (Wildman–Crippen MR) is 109 cm³/mol. The van der Waals surface area contributed by atoms with Crippen molar-refractivity contribution in [3.05, 3.63) is 53.6 Å². The van der Waals surface area contributed by atoms with Crippen molar-refractivity contribution in [1.82, 2.24) is 4.90 Å². The normalized spacial score (nSPS) is 18.4. The van der Waals surface area contributed by atoms with E-state index in [4.69, 9.17) is 4.74 Å². The van der Waals surface area contributed by atoms with E-state index in [9.17, 15) is 9.59 Å². The van der Waals surface area contributed by atoms with Crippen molar-refractivity contribution >= 4 is 23.2 Å². The number of piperidine rings is 1. The highest BCUT2D eigenvalue weighted by Gasteiger charge is 2.38. The van der Waals surface area contributed by atoms with Crippen molar-refractivity contribution < 1.29 is 14.3 Å². The Morgan fingerprint density at radius 1 is 1.21 bits per heavy atom. The number of hydrogen-bond acceptors (Lipinski definition) is 4. The maximum Gasteiger partial charge on any atom is 0.257 e. The average Bonchev–Trinajstić information content (AvgIpc) is 2.74. The molecule has 2 aromatic carbocycles. The Labute approximate surface area is 165 Å². The maximum atomic E-state index is 12.9. The maximum absolute atomic E-state index is 12.9. The van der Waals surface area contributed by atoms with Crippen LogP contribution in [0.5, 0.6) is 5.75 Å². The van der Waals surface area contributed by atoms with Crippen LogP contribution >= 0.6 is 0 Å². The Bertz CT molecular complexity index is 912. The van der Waals surface area contributed by atoms with Crippen molar-refractivity contribution in [1.29, 1.82) is 0 Å². The van der Waals surface area contributed by atoms with Crippen LogP contribution in [0.1, 0.15) is 46.9 Å². The van der Waals surface area contributed by atoms with Gasteiger partial charge in [0.1, 0.15) is 11.9 Å². The van der Waals surface area contributed by atoms with Crippen molar-refractivity contribution in [2.24, 2.45) is 0 Å². The summed E-state index contributed by atoms with van der Waals surface area (Å²) in [5, 5.41) is 2.91. The number of methoxy groups -OCH3 is 1. The second kappa shape index (κ2) is 7.54. The summed E-state index contributed by atoms with van der Waals surface area (Å²) in [6, 6.07) is 12.6. The molecule has 1 N–H and O–H groups in total. The minimum Gasteiger partial charge on any atom is -0.497 e. The van der Waals surface area contributed by atoms with E-state index in [0.717, 1.165) is 38.0 Å². The van der Waals surface area contributed by atoms with Gasteiger partial charge < -0.3 is 19.9 Å². The third kappa shape index (κ3) is 3.19. The summed E-state index contributed by atoms with van der Waals surface area (Å²) in [5.74, 6) is 0.554. The monoisotopic (exact) mass is 379 g/mol. The number of amides is 2. The Hall–Kier alpha value is -3.02. The fraction of sp³-hybridized carbons (Fsp3) is 0.364. The number of nitrogens with zero attached hydrogens (tertiary/aromatic N) is 2.